The summed E-state index contributed by atoms with van der Waals surface area (Å²) < 4.78 is 22.7. The second kappa shape index (κ2) is 8.06. The fraction of sp³-hybridized carbons (Fsp3) is 0.269. The van der Waals surface area contributed by atoms with Gasteiger partial charge in [-0.15, -0.1) is 0 Å². The van der Waals surface area contributed by atoms with Gasteiger partial charge in [0.2, 0.25) is 0 Å². The molecule has 0 radical (unpaired) electrons. The Morgan fingerprint density at radius 1 is 0.968 bits per heavy atom. The summed E-state index contributed by atoms with van der Waals surface area (Å²) in [5.74, 6) is 0.218. The molecule has 0 unspecified atom stereocenters. The van der Waals surface area contributed by atoms with Crippen molar-refractivity contribution in [3.05, 3.63) is 93.8 Å². The summed E-state index contributed by atoms with van der Waals surface area (Å²) in [5, 5.41) is 1.30. The molecule has 5 heteroatoms. The molecule has 0 aliphatic heterocycles. The molecule has 4 nitrogen and oxygen atoms in total. The lowest BCUT2D eigenvalue weighted by Gasteiger charge is -2.10. The lowest BCUT2D eigenvalue weighted by atomic mass is 10.1. The second-order valence-corrected chi connectivity index (χ2v) is 8.23. The third kappa shape index (κ3) is 3.76. The predicted octanol–water partition coefficient (Wildman–Crippen LogP) is 5.32. The van der Waals surface area contributed by atoms with Crippen molar-refractivity contribution < 1.29 is 9.13 Å². The quantitative estimate of drug-likeness (QED) is 0.423. The lowest BCUT2D eigenvalue weighted by molar-refractivity contribution is 0.305. The molecule has 4 aromatic rings. The zero-order chi connectivity index (χ0) is 21.4. The normalized spacial score (nSPS) is 13.7. The number of aryl methyl sites for hydroxylation is 2. The molecule has 2 heterocycles. The highest BCUT2D eigenvalue weighted by Gasteiger charge is 2.17. The van der Waals surface area contributed by atoms with Crippen LogP contribution in [0.2, 0.25) is 0 Å². The third-order valence-electron chi connectivity index (χ3n) is 6.25. The van der Waals surface area contributed by atoms with Gasteiger partial charge in [0.15, 0.2) is 0 Å². The Kier molecular flexibility index (Phi) is 5.10. The van der Waals surface area contributed by atoms with Gasteiger partial charge in [0, 0.05) is 30.4 Å². The molecule has 5 rings (SSSR count). The standard InChI is InChI=1S/C26H25FN2O2/c1-28-24-6-4-2-3-5-22(24)23-12-11-20(15-25(23)28)29-14-13-21(16-26(29)30)31-17-18-7-9-19(27)10-8-18/h7-16H,2-6,17H2,1H3. The SMILES string of the molecule is Cn1c2c(c3ccc(-n4ccc(OCc5ccc(F)cc5)cc4=O)cc31)CCCCC2. The van der Waals surface area contributed by atoms with E-state index < -0.39 is 0 Å². The van der Waals surface area contributed by atoms with Crippen molar-refractivity contribution in [3.63, 3.8) is 0 Å². The summed E-state index contributed by atoms with van der Waals surface area (Å²) in [6.07, 6.45) is 7.77. The zero-order valence-corrected chi connectivity index (χ0v) is 17.6. The van der Waals surface area contributed by atoms with Gasteiger partial charge in [-0.05, 0) is 67.1 Å². The van der Waals surface area contributed by atoms with Crippen LogP contribution in [0.1, 0.15) is 36.1 Å². The van der Waals surface area contributed by atoms with Gasteiger partial charge in [-0.25, -0.2) is 4.39 Å². The van der Waals surface area contributed by atoms with Crippen molar-refractivity contribution in [2.45, 2.75) is 38.7 Å². The Morgan fingerprint density at radius 3 is 2.58 bits per heavy atom. The van der Waals surface area contributed by atoms with Crippen molar-refractivity contribution in [1.82, 2.24) is 9.13 Å². The van der Waals surface area contributed by atoms with E-state index in [1.807, 2.05) is 6.07 Å². The summed E-state index contributed by atoms with van der Waals surface area (Å²) in [4.78, 5) is 12.8. The topological polar surface area (TPSA) is 36.2 Å². The minimum absolute atomic E-state index is 0.147. The summed E-state index contributed by atoms with van der Waals surface area (Å²) in [7, 11) is 2.13. The number of benzene rings is 2. The highest BCUT2D eigenvalue weighted by molar-refractivity contribution is 5.87. The number of nitrogens with zero attached hydrogens (tertiary/aromatic N) is 2. The Labute approximate surface area is 180 Å². The average molecular weight is 416 g/mol. The van der Waals surface area contributed by atoms with Crippen LogP contribution in [0, 0.1) is 5.82 Å². The molecule has 1 aliphatic rings. The lowest BCUT2D eigenvalue weighted by Crippen LogP contribution is -2.16. The van der Waals surface area contributed by atoms with Crippen molar-refractivity contribution in [2.75, 3.05) is 0 Å². The van der Waals surface area contributed by atoms with Crippen molar-refractivity contribution in [3.8, 4) is 11.4 Å². The summed E-state index contributed by atoms with van der Waals surface area (Å²) in [5.41, 5.74) is 5.62. The fourth-order valence-electron chi connectivity index (χ4n) is 4.59. The Balaban J connectivity index is 1.42. The van der Waals surface area contributed by atoms with E-state index in [9.17, 15) is 9.18 Å². The van der Waals surface area contributed by atoms with Gasteiger partial charge < -0.3 is 9.30 Å². The number of ether oxygens (including phenoxy) is 1. The largest absolute Gasteiger partial charge is 0.489 e. The maximum absolute atomic E-state index is 13.0. The first-order valence-corrected chi connectivity index (χ1v) is 10.8. The van der Waals surface area contributed by atoms with E-state index in [0.717, 1.165) is 24.1 Å². The molecule has 2 aromatic carbocycles. The molecule has 2 aromatic heterocycles. The Hall–Kier alpha value is -3.34. The first-order chi connectivity index (χ1) is 15.1. The molecule has 0 saturated heterocycles. The molecule has 31 heavy (non-hydrogen) atoms. The van der Waals surface area contributed by atoms with E-state index in [-0.39, 0.29) is 18.0 Å². The van der Waals surface area contributed by atoms with Crippen molar-refractivity contribution >= 4 is 10.9 Å². The van der Waals surface area contributed by atoms with E-state index >= 15 is 0 Å². The van der Waals surface area contributed by atoms with Gasteiger partial charge in [-0.1, -0.05) is 24.6 Å². The highest BCUT2D eigenvalue weighted by atomic mass is 19.1. The molecule has 158 valence electrons. The van der Waals surface area contributed by atoms with Crippen LogP contribution in [0.5, 0.6) is 5.75 Å². The molecule has 0 bridgehead atoms. The molecule has 0 amide bonds. The average Bonchev–Trinajstić information content (AvgIpc) is 2.93. The highest BCUT2D eigenvalue weighted by Crippen LogP contribution is 2.31. The van der Waals surface area contributed by atoms with Crippen LogP contribution < -0.4 is 10.3 Å². The van der Waals surface area contributed by atoms with Crippen LogP contribution in [-0.2, 0) is 26.5 Å². The second-order valence-electron chi connectivity index (χ2n) is 8.23. The number of halogens is 1. The number of hydrogen-bond donors (Lipinski definition) is 0. The third-order valence-corrected chi connectivity index (χ3v) is 6.25. The molecule has 1 aliphatic carbocycles. The van der Waals surface area contributed by atoms with Crippen molar-refractivity contribution in [1.29, 1.82) is 0 Å². The molecule has 0 N–H and O–H groups in total. The van der Waals surface area contributed by atoms with Gasteiger partial charge in [0.05, 0.1) is 11.2 Å². The van der Waals surface area contributed by atoms with Gasteiger partial charge in [0.1, 0.15) is 18.2 Å². The van der Waals surface area contributed by atoms with Crippen LogP contribution in [-0.4, -0.2) is 9.13 Å². The van der Waals surface area contributed by atoms with E-state index in [4.69, 9.17) is 4.74 Å². The summed E-state index contributed by atoms with van der Waals surface area (Å²) in [6.45, 7) is 0.282. The maximum atomic E-state index is 13.0. The van der Waals surface area contributed by atoms with E-state index in [1.54, 1.807) is 29.0 Å². The van der Waals surface area contributed by atoms with Gasteiger partial charge >= 0.3 is 0 Å². The molecule has 0 saturated carbocycles. The number of hydrogen-bond acceptors (Lipinski definition) is 2. The number of rotatable bonds is 4. The van der Waals surface area contributed by atoms with Gasteiger partial charge in [-0.3, -0.25) is 9.36 Å². The minimum Gasteiger partial charge on any atom is -0.489 e. The first-order valence-electron chi connectivity index (χ1n) is 10.8. The van der Waals surface area contributed by atoms with Gasteiger partial charge in [0.25, 0.3) is 5.56 Å². The molecular formula is C26H25FN2O2. The fourth-order valence-corrected chi connectivity index (χ4v) is 4.59. The first kappa shape index (κ1) is 19.6. The number of pyridine rings is 1. The van der Waals surface area contributed by atoms with Crippen LogP contribution in [0.3, 0.4) is 0 Å². The Morgan fingerprint density at radius 2 is 1.77 bits per heavy atom. The minimum atomic E-state index is -0.280. The van der Waals surface area contributed by atoms with Gasteiger partial charge in [-0.2, -0.15) is 0 Å². The smallest absolute Gasteiger partial charge is 0.258 e. The maximum Gasteiger partial charge on any atom is 0.258 e. The summed E-state index contributed by atoms with van der Waals surface area (Å²) >= 11 is 0. The molecule has 0 fully saturated rings. The molecular weight excluding hydrogens is 391 g/mol. The number of aromatic nitrogens is 2. The monoisotopic (exact) mass is 416 g/mol. The van der Waals surface area contributed by atoms with Crippen molar-refractivity contribution in [2.24, 2.45) is 7.05 Å². The van der Waals surface area contributed by atoms with E-state index in [0.29, 0.717) is 5.75 Å². The molecule has 0 atom stereocenters. The Bertz CT molecular complexity index is 1300. The van der Waals surface area contributed by atoms with Crippen LogP contribution in [0.4, 0.5) is 4.39 Å². The van der Waals surface area contributed by atoms with Crippen LogP contribution >= 0.6 is 0 Å². The number of fused-ring (bicyclic) bond motifs is 3. The van der Waals surface area contributed by atoms with E-state index in [2.05, 4.69) is 23.7 Å². The summed E-state index contributed by atoms with van der Waals surface area (Å²) in [6, 6.07) is 15.7. The van der Waals surface area contributed by atoms with Crippen LogP contribution in [0.25, 0.3) is 16.6 Å². The van der Waals surface area contributed by atoms with Crippen LogP contribution in [0.15, 0.2) is 65.6 Å². The van der Waals surface area contributed by atoms with E-state index in [1.165, 1.54) is 59.6 Å². The predicted molar refractivity (Wildman–Crippen MR) is 121 cm³/mol. The molecule has 0 spiro atoms. The zero-order valence-electron chi connectivity index (χ0n) is 17.6.